The van der Waals surface area contributed by atoms with Crippen LogP contribution in [0.4, 0.5) is 0 Å². The van der Waals surface area contributed by atoms with Crippen molar-refractivity contribution in [3.05, 3.63) is 71.8 Å². The summed E-state index contributed by atoms with van der Waals surface area (Å²) in [7, 11) is 0. The number of carbonyl (C=O) groups is 5. The minimum Gasteiger partial charge on any atom is -0.381 e. The first-order valence-electron chi connectivity index (χ1n) is 17.4. The Morgan fingerprint density at radius 1 is 0.880 bits per heavy atom. The van der Waals surface area contributed by atoms with Crippen molar-refractivity contribution in [2.45, 2.75) is 103 Å². The molecule has 0 radical (unpaired) electrons. The average Bonchev–Trinajstić information content (AvgIpc) is 3.84. The number of nitrogens with zero attached hydrogens (tertiary/aromatic N) is 1. The summed E-state index contributed by atoms with van der Waals surface area (Å²) in [4.78, 5) is 69.7. The van der Waals surface area contributed by atoms with E-state index in [1.165, 1.54) is 16.7 Å². The van der Waals surface area contributed by atoms with Crippen LogP contribution < -0.4 is 21.3 Å². The van der Waals surface area contributed by atoms with Gasteiger partial charge in [0.2, 0.25) is 23.6 Å². The SMILES string of the molecule is CC(C)C(=O)N[C@H](C(=O)N[C@H](C(=O)N[C@@H](Cc1ccccc1)[C@H](O)C(=O)N1CSC(C)(C)[C@H]1C(=O)NCC1CC1)C(C)(C)C)c1ccccc1. The van der Waals surface area contributed by atoms with Crippen molar-refractivity contribution in [2.24, 2.45) is 17.3 Å². The molecule has 2 aromatic carbocycles. The van der Waals surface area contributed by atoms with Gasteiger partial charge in [-0.25, -0.2) is 0 Å². The molecule has 11 nitrogen and oxygen atoms in total. The van der Waals surface area contributed by atoms with E-state index < -0.39 is 58.2 Å². The zero-order valence-corrected chi connectivity index (χ0v) is 31.0. The maximum atomic E-state index is 14.2. The Morgan fingerprint density at radius 3 is 2.04 bits per heavy atom. The number of aliphatic hydroxyl groups excluding tert-OH is 1. The van der Waals surface area contributed by atoms with E-state index in [1.54, 1.807) is 65.0 Å². The van der Waals surface area contributed by atoms with Crippen LogP contribution in [0.1, 0.15) is 78.5 Å². The number of aliphatic hydroxyl groups is 1. The van der Waals surface area contributed by atoms with Gasteiger partial charge in [0.05, 0.1) is 11.9 Å². The summed E-state index contributed by atoms with van der Waals surface area (Å²) < 4.78 is -0.594. The van der Waals surface area contributed by atoms with Crippen molar-refractivity contribution in [1.82, 2.24) is 26.2 Å². The molecular weight excluding hydrogens is 655 g/mol. The third-order valence-electron chi connectivity index (χ3n) is 9.22. The number of thioether (sulfide) groups is 1. The molecule has 2 aromatic rings. The molecule has 12 heteroatoms. The zero-order valence-electron chi connectivity index (χ0n) is 30.2. The van der Waals surface area contributed by atoms with Gasteiger partial charge in [0.1, 0.15) is 18.1 Å². The smallest absolute Gasteiger partial charge is 0.254 e. The Labute approximate surface area is 300 Å². The van der Waals surface area contributed by atoms with Gasteiger partial charge in [-0.2, -0.15) is 0 Å². The zero-order chi connectivity index (χ0) is 36.8. The molecule has 2 aliphatic rings. The number of carbonyl (C=O) groups excluding carboxylic acids is 5. The summed E-state index contributed by atoms with van der Waals surface area (Å²) >= 11 is 1.46. The molecule has 272 valence electrons. The molecule has 5 atom stereocenters. The number of nitrogens with one attached hydrogen (secondary N) is 4. The fourth-order valence-corrected chi connectivity index (χ4v) is 7.09. The van der Waals surface area contributed by atoms with Crippen molar-refractivity contribution < 1.29 is 29.1 Å². The van der Waals surface area contributed by atoms with Gasteiger partial charge in [-0.1, -0.05) is 95.3 Å². The average molecular weight is 708 g/mol. The number of rotatable bonds is 14. The van der Waals surface area contributed by atoms with Crippen LogP contribution in [0.3, 0.4) is 0 Å². The van der Waals surface area contributed by atoms with Gasteiger partial charge >= 0.3 is 0 Å². The standard InChI is InChI=1S/C38H53N5O6S/c1-23(2)32(45)41-28(26-16-12-9-13-17-26)33(46)42-30(37(3,4)5)34(47)40-27(20-24-14-10-8-11-15-24)29(44)36(49)43-22-50-38(6,7)31(43)35(48)39-21-25-18-19-25/h8-17,23,25,27-31,44H,18-22H2,1-7H3,(H,39,48)(H,40,47)(H,41,45)(H,42,46)/t27-,28-,29-,30+,31+/m0/s1. The minimum absolute atomic E-state index is 0.115. The lowest BCUT2D eigenvalue weighted by atomic mass is 9.85. The predicted molar refractivity (Wildman–Crippen MR) is 195 cm³/mol. The van der Waals surface area contributed by atoms with E-state index >= 15 is 0 Å². The predicted octanol–water partition coefficient (Wildman–Crippen LogP) is 3.33. The molecule has 1 aliphatic heterocycles. The highest BCUT2D eigenvalue weighted by Gasteiger charge is 2.50. The summed E-state index contributed by atoms with van der Waals surface area (Å²) in [6.07, 6.45) is 0.567. The van der Waals surface area contributed by atoms with Crippen LogP contribution in [0.2, 0.25) is 0 Å². The molecule has 0 unspecified atom stereocenters. The van der Waals surface area contributed by atoms with Gasteiger partial charge in [0, 0.05) is 17.2 Å². The Morgan fingerprint density at radius 2 is 1.48 bits per heavy atom. The van der Waals surface area contributed by atoms with Gasteiger partial charge in [0.15, 0.2) is 6.10 Å². The Hall–Kier alpha value is -3.90. The van der Waals surface area contributed by atoms with Gasteiger partial charge in [-0.05, 0) is 55.6 Å². The van der Waals surface area contributed by atoms with Crippen LogP contribution in [0.25, 0.3) is 0 Å². The molecular formula is C38H53N5O6S. The number of hydrogen-bond donors (Lipinski definition) is 5. The van der Waals surface area contributed by atoms with Crippen LogP contribution >= 0.6 is 11.8 Å². The lowest BCUT2D eigenvalue weighted by molar-refractivity contribution is -0.148. The third kappa shape index (κ3) is 10.1. The highest BCUT2D eigenvalue weighted by molar-refractivity contribution is 8.00. The molecule has 5 amide bonds. The maximum Gasteiger partial charge on any atom is 0.254 e. The van der Waals surface area contributed by atoms with Crippen LogP contribution in [0.5, 0.6) is 0 Å². The van der Waals surface area contributed by atoms with Gasteiger partial charge < -0.3 is 31.3 Å². The quantitative estimate of drug-likeness (QED) is 0.202. The van der Waals surface area contributed by atoms with E-state index in [9.17, 15) is 29.1 Å². The van der Waals surface area contributed by atoms with Crippen molar-refractivity contribution in [3.63, 3.8) is 0 Å². The number of benzene rings is 2. The first-order chi connectivity index (χ1) is 23.5. The van der Waals surface area contributed by atoms with E-state index in [1.807, 2.05) is 44.2 Å². The first kappa shape index (κ1) is 38.9. The highest BCUT2D eigenvalue weighted by Crippen LogP contribution is 2.40. The molecule has 1 saturated heterocycles. The van der Waals surface area contributed by atoms with Gasteiger partial charge in [-0.3, -0.25) is 24.0 Å². The van der Waals surface area contributed by atoms with E-state index in [0.29, 0.717) is 18.0 Å². The van der Waals surface area contributed by atoms with Crippen molar-refractivity contribution in [2.75, 3.05) is 12.4 Å². The Bertz CT molecular complexity index is 1510. The third-order valence-corrected chi connectivity index (χ3v) is 10.6. The second kappa shape index (κ2) is 16.4. The Kier molecular flexibility index (Phi) is 12.8. The van der Waals surface area contributed by atoms with Gasteiger partial charge in [0.25, 0.3) is 5.91 Å². The molecule has 0 bridgehead atoms. The fraction of sp³-hybridized carbons (Fsp3) is 0.553. The van der Waals surface area contributed by atoms with E-state index in [0.717, 1.165) is 18.4 Å². The molecule has 1 saturated carbocycles. The van der Waals surface area contributed by atoms with Gasteiger partial charge in [-0.15, -0.1) is 11.8 Å². The van der Waals surface area contributed by atoms with Crippen molar-refractivity contribution >= 4 is 41.3 Å². The molecule has 0 spiro atoms. The largest absolute Gasteiger partial charge is 0.381 e. The van der Waals surface area contributed by atoms with Crippen LogP contribution in [-0.2, 0) is 30.4 Å². The molecule has 2 fully saturated rings. The minimum atomic E-state index is -1.69. The van der Waals surface area contributed by atoms with Crippen molar-refractivity contribution in [3.8, 4) is 0 Å². The molecule has 50 heavy (non-hydrogen) atoms. The molecule has 0 aromatic heterocycles. The summed E-state index contributed by atoms with van der Waals surface area (Å²) in [6, 6.07) is 13.9. The molecule has 1 heterocycles. The normalized spacial score (nSPS) is 19.5. The summed E-state index contributed by atoms with van der Waals surface area (Å²) in [5.41, 5.74) is 0.518. The van der Waals surface area contributed by atoms with Crippen LogP contribution in [0, 0.1) is 17.3 Å². The highest BCUT2D eigenvalue weighted by atomic mass is 32.2. The number of amides is 5. The van der Waals surface area contributed by atoms with Crippen molar-refractivity contribution in [1.29, 1.82) is 0 Å². The molecule has 4 rings (SSSR count). The Balaban J connectivity index is 1.59. The van der Waals surface area contributed by atoms with E-state index in [4.69, 9.17) is 0 Å². The summed E-state index contributed by atoms with van der Waals surface area (Å²) in [5, 5.41) is 23.2. The summed E-state index contributed by atoms with van der Waals surface area (Å²) in [6.45, 7) is 13.2. The number of hydrogen-bond acceptors (Lipinski definition) is 7. The second-order valence-electron chi connectivity index (χ2n) is 15.3. The molecule has 5 N–H and O–H groups in total. The monoisotopic (exact) mass is 707 g/mol. The molecule has 1 aliphatic carbocycles. The van der Waals surface area contributed by atoms with Crippen LogP contribution in [0.15, 0.2) is 60.7 Å². The topological polar surface area (TPSA) is 157 Å². The maximum absolute atomic E-state index is 14.2. The van der Waals surface area contributed by atoms with Crippen LogP contribution in [-0.4, -0.2) is 80.9 Å². The second-order valence-corrected chi connectivity index (χ2v) is 16.9. The lowest BCUT2D eigenvalue weighted by Crippen LogP contribution is -2.62. The lowest BCUT2D eigenvalue weighted by Gasteiger charge is -2.35. The first-order valence-corrected chi connectivity index (χ1v) is 18.4. The van der Waals surface area contributed by atoms with E-state index in [2.05, 4.69) is 21.3 Å². The fourth-order valence-electron chi connectivity index (χ4n) is 5.95. The summed E-state index contributed by atoms with van der Waals surface area (Å²) in [5.74, 6) is -2.13. The van der Waals surface area contributed by atoms with E-state index in [-0.39, 0.29) is 30.0 Å².